The lowest BCUT2D eigenvalue weighted by Gasteiger charge is -2.23. The van der Waals surface area contributed by atoms with Crippen LogP contribution in [0.5, 0.6) is 0 Å². The minimum atomic E-state index is -0.517. The molecule has 2 aliphatic heterocycles. The van der Waals surface area contributed by atoms with Gasteiger partial charge in [-0.05, 0) is 27.7 Å². The number of rotatable bonds is 2. The fourth-order valence-corrected chi connectivity index (χ4v) is 2.86. The van der Waals surface area contributed by atoms with Crippen molar-refractivity contribution in [2.45, 2.75) is 57.6 Å². The molecule has 0 aromatic heterocycles. The molecule has 0 N–H and O–H groups in total. The van der Waals surface area contributed by atoms with Gasteiger partial charge in [-0.2, -0.15) is 0 Å². The summed E-state index contributed by atoms with van der Waals surface area (Å²) in [5.74, 6) is -1.02. The van der Waals surface area contributed by atoms with Gasteiger partial charge in [-0.15, -0.1) is 0 Å². The first-order valence-electron chi connectivity index (χ1n) is 5.56. The highest BCUT2D eigenvalue weighted by molar-refractivity contribution is 14.1. The molecule has 0 amide bonds. The Labute approximate surface area is 110 Å². The fourth-order valence-electron chi connectivity index (χ4n) is 2.17. The quantitative estimate of drug-likeness (QED) is 0.569. The van der Waals surface area contributed by atoms with E-state index in [-0.39, 0.29) is 18.3 Å². The van der Waals surface area contributed by atoms with Gasteiger partial charge < -0.3 is 18.9 Å². The largest absolute Gasteiger partial charge is 0.348 e. The summed E-state index contributed by atoms with van der Waals surface area (Å²) < 4.78 is 24.0. The van der Waals surface area contributed by atoms with Crippen molar-refractivity contribution in [1.29, 1.82) is 0 Å². The topological polar surface area (TPSA) is 36.9 Å². The van der Waals surface area contributed by atoms with Crippen LogP contribution in [0.2, 0.25) is 0 Å². The van der Waals surface area contributed by atoms with Crippen LogP contribution >= 0.6 is 22.6 Å². The van der Waals surface area contributed by atoms with Crippen LogP contribution < -0.4 is 0 Å². The highest BCUT2D eigenvalue weighted by atomic mass is 127. The van der Waals surface area contributed by atoms with Crippen molar-refractivity contribution in [2.75, 3.05) is 11.0 Å². The maximum atomic E-state index is 5.90. The average molecular weight is 342 g/mol. The van der Waals surface area contributed by atoms with Crippen molar-refractivity contribution in [3.05, 3.63) is 0 Å². The standard InChI is InChI=1S/C11H19IO4/c1-10(2)13-6-8(15-10)9-7(5-12)14-11(3,4)16-9/h7-9H,5-6H2,1-4H3/t7-,8+,9+/m1/s1. The highest BCUT2D eigenvalue weighted by Crippen LogP contribution is 2.35. The van der Waals surface area contributed by atoms with Gasteiger partial charge in [0.25, 0.3) is 0 Å². The number of hydrogen-bond donors (Lipinski definition) is 0. The normalized spacial score (nSPS) is 41.4. The summed E-state index contributed by atoms with van der Waals surface area (Å²) in [6.07, 6.45) is 0.0170. The lowest BCUT2D eigenvalue weighted by Crippen LogP contribution is -2.38. The van der Waals surface area contributed by atoms with Crippen molar-refractivity contribution in [2.24, 2.45) is 0 Å². The zero-order valence-electron chi connectivity index (χ0n) is 10.2. The lowest BCUT2D eigenvalue weighted by molar-refractivity contribution is -0.174. The van der Waals surface area contributed by atoms with Crippen molar-refractivity contribution in [3.8, 4) is 0 Å². The molecule has 0 bridgehead atoms. The Hall–Kier alpha value is 0.570. The Bertz CT molecular complexity index is 267. The molecule has 0 aromatic carbocycles. The van der Waals surface area contributed by atoms with Gasteiger partial charge in [0.05, 0.1) is 12.7 Å². The van der Waals surface area contributed by atoms with Crippen LogP contribution in [-0.2, 0) is 18.9 Å². The van der Waals surface area contributed by atoms with Crippen LogP contribution in [0.15, 0.2) is 0 Å². The van der Waals surface area contributed by atoms with E-state index < -0.39 is 11.6 Å². The number of ether oxygens (including phenoxy) is 4. The van der Waals surface area contributed by atoms with E-state index in [0.29, 0.717) is 6.61 Å². The third-order valence-electron chi connectivity index (χ3n) is 2.77. The zero-order valence-corrected chi connectivity index (χ0v) is 12.3. The van der Waals surface area contributed by atoms with Crippen LogP contribution in [-0.4, -0.2) is 40.9 Å². The van der Waals surface area contributed by atoms with Crippen LogP contribution in [0.25, 0.3) is 0 Å². The second kappa shape index (κ2) is 4.35. The van der Waals surface area contributed by atoms with E-state index in [0.717, 1.165) is 4.43 Å². The van der Waals surface area contributed by atoms with Gasteiger partial charge in [0.15, 0.2) is 11.6 Å². The number of alkyl halides is 1. The summed E-state index contributed by atoms with van der Waals surface area (Å²) in [6, 6.07) is 0. The smallest absolute Gasteiger partial charge is 0.163 e. The molecule has 0 spiro atoms. The maximum absolute atomic E-state index is 5.90. The van der Waals surface area contributed by atoms with Crippen LogP contribution in [0, 0.1) is 0 Å². The third kappa shape index (κ3) is 2.69. The Morgan fingerprint density at radius 3 is 2.25 bits per heavy atom. The van der Waals surface area contributed by atoms with E-state index in [1.807, 2.05) is 27.7 Å². The first-order valence-corrected chi connectivity index (χ1v) is 7.09. The maximum Gasteiger partial charge on any atom is 0.163 e. The van der Waals surface area contributed by atoms with Crippen LogP contribution in [0.1, 0.15) is 27.7 Å². The Balaban J connectivity index is 2.04. The summed E-state index contributed by atoms with van der Waals surface area (Å²) in [5, 5.41) is 0. The average Bonchev–Trinajstić information content (AvgIpc) is 2.65. The van der Waals surface area contributed by atoms with Crippen molar-refractivity contribution < 1.29 is 18.9 Å². The fraction of sp³-hybridized carbons (Fsp3) is 1.00. The zero-order chi connectivity index (χ0) is 12.0. The van der Waals surface area contributed by atoms with Gasteiger partial charge in [-0.3, -0.25) is 0 Å². The van der Waals surface area contributed by atoms with Gasteiger partial charge in [-0.1, -0.05) is 22.6 Å². The number of halogens is 1. The van der Waals surface area contributed by atoms with E-state index >= 15 is 0 Å². The summed E-state index contributed by atoms with van der Waals surface area (Å²) in [6.45, 7) is 8.30. The van der Waals surface area contributed by atoms with Crippen molar-refractivity contribution in [3.63, 3.8) is 0 Å². The third-order valence-corrected chi connectivity index (χ3v) is 3.64. The first-order chi connectivity index (χ1) is 7.33. The van der Waals surface area contributed by atoms with Crippen molar-refractivity contribution in [1.82, 2.24) is 0 Å². The Morgan fingerprint density at radius 2 is 1.75 bits per heavy atom. The predicted octanol–water partition coefficient (Wildman–Crippen LogP) is 2.09. The molecule has 5 heteroatoms. The highest BCUT2D eigenvalue weighted by Gasteiger charge is 2.49. The summed E-state index contributed by atoms with van der Waals surface area (Å²) in [4.78, 5) is 0. The van der Waals surface area contributed by atoms with Gasteiger partial charge in [0.2, 0.25) is 0 Å². The minimum Gasteiger partial charge on any atom is -0.348 e. The monoisotopic (exact) mass is 342 g/mol. The van der Waals surface area contributed by atoms with E-state index in [9.17, 15) is 0 Å². The molecular weight excluding hydrogens is 323 g/mol. The molecule has 3 atom stereocenters. The van der Waals surface area contributed by atoms with E-state index in [1.165, 1.54) is 0 Å². The second-order valence-electron chi connectivity index (χ2n) is 5.16. The molecule has 2 heterocycles. The predicted molar refractivity (Wildman–Crippen MR) is 67.6 cm³/mol. The van der Waals surface area contributed by atoms with Crippen LogP contribution in [0.4, 0.5) is 0 Å². The summed E-state index contributed by atoms with van der Waals surface area (Å²) in [7, 11) is 0. The Kier molecular flexibility index (Phi) is 3.54. The molecule has 0 radical (unpaired) electrons. The van der Waals surface area contributed by atoms with Crippen molar-refractivity contribution >= 4 is 22.6 Å². The van der Waals surface area contributed by atoms with Gasteiger partial charge in [-0.25, -0.2) is 0 Å². The summed E-state index contributed by atoms with van der Waals surface area (Å²) in [5.41, 5.74) is 0. The SMILES string of the molecule is CC1(C)OC[C@@H]([C@H]2OC(C)(C)O[C@@H]2CI)O1. The molecular formula is C11H19IO4. The molecule has 0 unspecified atom stereocenters. The van der Waals surface area contributed by atoms with Gasteiger partial charge in [0.1, 0.15) is 12.2 Å². The first kappa shape index (κ1) is 13.0. The molecule has 2 fully saturated rings. The number of hydrogen-bond acceptors (Lipinski definition) is 4. The molecule has 16 heavy (non-hydrogen) atoms. The molecule has 0 aromatic rings. The minimum absolute atomic E-state index is 0.0310. The molecule has 0 saturated carbocycles. The van der Waals surface area contributed by atoms with E-state index in [4.69, 9.17) is 18.9 Å². The van der Waals surface area contributed by atoms with Crippen LogP contribution in [0.3, 0.4) is 0 Å². The molecule has 2 saturated heterocycles. The summed E-state index contributed by atoms with van der Waals surface area (Å²) >= 11 is 2.32. The molecule has 94 valence electrons. The van der Waals surface area contributed by atoms with E-state index in [1.54, 1.807) is 0 Å². The van der Waals surface area contributed by atoms with E-state index in [2.05, 4.69) is 22.6 Å². The van der Waals surface area contributed by atoms with Gasteiger partial charge in [0, 0.05) is 4.43 Å². The molecule has 2 aliphatic rings. The molecule has 4 nitrogen and oxygen atoms in total. The second-order valence-corrected chi connectivity index (χ2v) is 6.04. The lowest BCUT2D eigenvalue weighted by atomic mass is 10.1. The molecule has 2 rings (SSSR count). The Morgan fingerprint density at radius 1 is 1.06 bits per heavy atom. The molecule has 0 aliphatic carbocycles. The van der Waals surface area contributed by atoms with Gasteiger partial charge >= 0.3 is 0 Å².